The first kappa shape index (κ1) is 26.9. The van der Waals surface area contributed by atoms with Crippen LogP contribution in [0.1, 0.15) is 69.8 Å². The highest BCUT2D eigenvalue weighted by molar-refractivity contribution is 5.98. The summed E-state index contributed by atoms with van der Waals surface area (Å²) >= 11 is 0. The molecular weight excluding hydrogens is 514 g/mol. The molecule has 7 rings (SSSR count). The number of rotatable bonds is 2. The van der Waals surface area contributed by atoms with Gasteiger partial charge < -0.3 is 25.3 Å². The molecule has 3 aromatic carbocycles. The lowest BCUT2D eigenvalue weighted by molar-refractivity contribution is -0.137. The van der Waals surface area contributed by atoms with Gasteiger partial charge in [-0.1, -0.05) is 30.3 Å². The van der Waals surface area contributed by atoms with E-state index in [9.17, 15) is 14.7 Å². The van der Waals surface area contributed by atoms with E-state index in [-0.39, 0.29) is 18.2 Å². The maximum atomic E-state index is 13.7. The number of aryl methyl sites for hydroxylation is 1. The normalized spacial score (nSPS) is 17.8. The smallest absolute Gasteiger partial charge is 0.304 e. The Balaban J connectivity index is 1.43. The van der Waals surface area contributed by atoms with Crippen LogP contribution in [0, 0.1) is 6.92 Å². The van der Waals surface area contributed by atoms with E-state index in [0.717, 1.165) is 71.1 Å². The molecule has 0 saturated heterocycles. The Hall–Kier alpha value is -4.30. The number of nitrogen functional groups attached to an aromatic ring is 1. The third-order valence-corrected chi connectivity index (χ3v) is 8.85. The van der Waals surface area contributed by atoms with Gasteiger partial charge in [-0.2, -0.15) is 0 Å². The van der Waals surface area contributed by atoms with Crippen LogP contribution < -0.4 is 16.6 Å². The van der Waals surface area contributed by atoms with E-state index in [0.29, 0.717) is 30.9 Å². The molecule has 41 heavy (non-hydrogen) atoms. The average Bonchev–Trinajstić information content (AvgIpc) is 3.37. The van der Waals surface area contributed by atoms with Crippen molar-refractivity contribution in [2.75, 3.05) is 23.8 Å². The van der Waals surface area contributed by atoms with Crippen molar-refractivity contribution in [2.45, 2.75) is 58.0 Å². The number of carbonyl (C=O) groups excluding carboxylic acids is 1. The number of aromatic nitrogens is 1. The summed E-state index contributed by atoms with van der Waals surface area (Å²) in [5, 5.41) is 12.7. The van der Waals surface area contributed by atoms with Gasteiger partial charge in [-0.15, -0.1) is 0 Å². The number of nitrogens with two attached hydrogens (primary N) is 2. The van der Waals surface area contributed by atoms with Crippen LogP contribution >= 0.6 is 0 Å². The van der Waals surface area contributed by atoms with Crippen LogP contribution in [-0.4, -0.2) is 39.5 Å². The van der Waals surface area contributed by atoms with Crippen molar-refractivity contribution >= 4 is 34.2 Å². The number of nitrogens with zero attached hydrogens (tertiary/aromatic N) is 3. The van der Waals surface area contributed by atoms with E-state index in [2.05, 4.69) is 29.0 Å². The molecule has 0 fully saturated rings. The summed E-state index contributed by atoms with van der Waals surface area (Å²) in [5.41, 5.74) is 14.6. The van der Waals surface area contributed by atoms with Crippen molar-refractivity contribution in [2.24, 2.45) is 5.84 Å². The minimum absolute atomic E-state index is 0.0194. The molecule has 8 heteroatoms. The first-order valence-corrected chi connectivity index (χ1v) is 14.4. The quantitative estimate of drug-likeness (QED) is 0.233. The molecule has 4 aromatic rings. The second-order valence-corrected chi connectivity index (χ2v) is 11.4. The van der Waals surface area contributed by atoms with Crippen molar-refractivity contribution in [3.05, 3.63) is 94.2 Å². The summed E-state index contributed by atoms with van der Waals surface area (Å²) in [6.07, 6.45) is 5.69. The monoisotopic (exact) mass is 551 g/mol. The summed E-state index contributed by atoms with van der Waals surface area (Å²) in [5.74, 6) is 5.23. The topological polar surface area (TPSA) is 118 Å². The number of hydrogen-bond acceptors (Lipinski definition) is 5. The van der Waals surface area contributed by atoms with E-state index < -0.39 is 5.97 Å². The fourth-order valence-electron chi connectivity index (χ4n) is 6.46. The number of carboxylic acid groups (broad SMARTS) is 1. The van der Waals surface area contributed by atoms with Crippen LogP contribution in [0.3, 0.4) is 0 Å². The Morgan fingerprint density at radius 1 is 0.976 bits per heavy atom. The molecule has 0 radical (unpaired) electrons. The average molecular weight is 552 g/mol. The Morgan fingerprint density at radius 2 is 1.80 bits per heavy atom. The Bertz CT molecular complexity index is 1640. The number of carbonyl (C=O) groups is 2. The van der Waals surface area contributed by atoms with E-state index in [4.69, 9.17) is 11.6 Å². The van der Waals surface area contributed by atoms with Gasteiger partial charge in [0.1, 0.15) is 0 Å². The van der Waals surface area contributed by atoms with Gasteiger partial charge in [0, 0.05) is 49.4 Å². The Labute approximate surface area is 240 Å². The van der Waals surface area contributed by atoms with Gasteiger partial charge in [0.15, 0.2) is 0 Å². The molecule has 8 nitrogen and oxygen atoms in total. The second kappa shape index (κ2) is 10.9. The van der Waals surface area contributed by atoms with Gasteiger partial charge in [-0.3, -0.25) is 9.59 Å². The zero-order valence-electron chi connectivity index (χ0n) is 23.5. The van der Waals surface area contributed by atoms with Crippen molar-refractivity contribution in [1.82, 2.24) is 9.47 Å². The number of benzene rings is 3. The van der Waals surface area contributed by atoms with Gasteiger partial charge in [0.05, 0.1) is 17.8 Å². The standard InChI is InChI=1S/C33H37N5O3/c1-21-27-9-10-29(32(21)34)38(35)14-4-2-3-13-36-15-12-23-6-8-25(18-30(23)36)33(41)37-16-11-22-5-7-24(17-26(22)20-37)28(27)19-31(39)40/h5-10,12,15,17-18,28H,2-4,11,13-14,16,19-20,34-35H2,1H3,(H,39,40). The van der Waals surface area contributed by atoms with Gasteiger partial charge >= 0.3 is 5.97 Å². The number of fused-ring (bicyclic) bond motifs is 7. The molecule has 1 atom stereocenters. The third kappa shape index (κ3) is 5.15. The molecule has 0 spiro atoms. The van der Waals surface area contributed by atoms with Crippen molar-refractivity contribution in [3.63, 3.8) is 0 Å². The zero-order chi connectivity index (χ0) is 28.7. The highest BCUT2D eigenvalue weighted by atomic mass is 16.4. The third-order valence-electron chi connectivity index (χ3n) is 8.85. The van der Waals surface area contributed by atoms with Crippen LogP contribution in [0.4, 0.5) is 11.4 Å². The largest absolute Gasteiger partial charge is 0.481 e. The van der Waals surface area contributed by atoms with Crippen LogP contribution in [0.25, 0.3) is 10.9 Å². The van der Waals surface area contributed by atoms with Crippen LogP contribution in [0.15, 0.2) is 60.8 Å². The van der Waals surface area contributed by atoms with Gasteiger partial charge in [-0.25, -0.2) is 5.84 Å². The maximum Gasteiger partial charge on any atom is 0.304 e. The number of hydrazine groups is 1. The molecule has 212 valence electrons. The molecule has 0 saturated carbocycles. The fourth-order valence-corrected chi connectivity index (χ4v) is 6.46. The summed E-state index contributed by atoms with van der Waals surface area (Å²) in [7, 11) is 0. The zero-order valence-corrected chi connectivity index (χ0v) is 23.5. The lowest BCUT2D eigenvalue weighted by Crippen LogP contribution is -2.36. The number of aliphatic carboxylic acids is 1. The SMILES string of the molecule is Cc1c2ccc(c1N)N(N)CCCCCn1ccc3ccc(cc31)C(=O)N1CCc3ccc(cc3C1)C2CC(=O)O. The summed E-state index contributed by atoms with van der Waals surface area (Å²) < 4.78 is 2.23. The molecule has 0 aliphatic carbocycles. The highest BCUT2D eigenvalue weighted by Gasteiger charge is 2.26. The van der Waals surface area contributed by atoms with Crippen LogP contribution in [-0.2, 0) is 24.3 Å². The summed E-state index contributed by atoms with van der Waals surface area (Å²) in [4.78, 5) is 27.6. The lowest BCUT2D eigenvalue weighted by atomic mass is 9.83. The number of amides is 1. The molecule has 7 bridgehead atoms. The maximum absolute atomic E-state index is 13.7. The first-order chi connectivity index (χ1) is 19.8. The molecule has 3 aliphatic heterocycles. The van der Waals surface area contributed by atoms with Crippen molar-refractivity contribution in [3.8, 4) is 0 Å². The number of anilines is 2. The van der Waals surface area contributed by atoms with Gasteiger partial charge in [0.25, 0.3) is 5.91 Å². The molecule has 4 heterocycles. The van der Waals surface area contributed by atoms with Gasteiger partial charge in [-0.05, 0) is 90.1 Å². The molecular formula is C33H37N5O3. The molecule has 3 aliphatic rings. The lowest BCUT2D eigenvalue weighted by Gasteiger charge is -2.30. The number of carboxylic acids is 1. The second-order valence-electron chi connectivity index (χ2n) is 11.4. The van der Waals surface area contributed by atoms with E-state index >= 15 is 0 Å². The fraction of sp³-hybridized carbons (Fsp3) is 0.333. The number of hydrogen-bond donors (Lipinski definition) is 3. The molecule has 1 aromatic heterocycles. The predicted octanol–water partition coefficient (Wildman–Crippen LogP) is 5.20. The Kier molecular flexibility index (Phi) is 7.17. The first-order valence-electron chi connectivity index (χ1n) is 14.4. The van der Waals surface area contributed by atoms with Crippen molar-refractivity contribution in [1.29, 1.82) is 0 Å². The van der Waals surface area contributed by atoms with E-state index in [1.165, 1.54) is 5.56 Å². The van der Waals surface area contributed by atoms with E-state index in [1.54, 1.807) is 5.01 Å². The summed E-state index contributed by atoms with van der Waals surface area (Å²) in [6, 6.07) is 18.2. The predicted molar refractivity (Wildman–Crippen MR) is 162 cm³/mol. The van der Waals surface area contributed by atoms with Gasteiger partial charge in [0.2, 0.25) is 0 Å². The van der Waals surface area contributed by atoms with E-state index in [1.807, 2.05) is 48.2 Å². The highest BCUT2D eigenvalue weighted by Crippen LogP contribution is 2.38. The minimum atomic E-state index is -0.877. The minimum Gasteiger partial charge on any atom is -0.481 e. The van der Waals surface area contributed by atoms with Crippen molar-refractivity contribution < 1.29 is 14.7 Å². The van der Waals surface area contributed by atoms with Crippen LogP contribution in [0.5, 0.6) is 0 Å². The molecule has 5 N–H and O–H groups in total. The molecule has 1 unspecified atom stereocenters. The van der Waals surface area contributed by atoms with Crippen LogP contribution in [0.2, 0.25) is 0 Å². The summed E-state index contributed by atoms with van der Waals surface area (Å²) in [6.45, 7) is 4.61. The Morgan fingerprint density at radius 3 is 2.63 bits per heavy atom. The molecule has 1 amide bonds.